The van der Waals surface area contributed by atoms with E-state index in [9.17, 15) is 9.59 Å². The molecule has 0 spiro atoms. The van der Waals surface area contributed by atoms with Crippen LogP contribution in [-0.2, 0) is 74.9 Å². The Bertz CT molecular complexity index is 1230. The van der Waals surface area contributed by atoms with Gasteiger partial charge < -0.3 is 47.6 Å². The molecule has 0 amide bonds. The van der Waals surface area contributed by atoms with Crippen molar-refractivity contribution in [3.63, 3.8) is 0 Å². The largest absolute Gasteiger partial charge is 0.493 e. The monoisotopic (exact) mass is 1090 g/mol. The van der Waals surface area contributed by atoms with Crippen LogP contribution in [0.3, 0.4) is 0 Å². The molecule has 0 atom stereocenters. The van der Waals surface area contributed by atoms with E-state index in [4.69, 9.17) is 65.4 Å². The van der Waals surface area contributed by atoms with Crippen LogP contribution in [0.2, 0.25) is 25.3 Å². The Morgan fingerprint density at radius 3 is 1.10 bits per heavy atom. The Labute approximate surface area is 490 Å². The van der Waals surface area contributed by atoms with E-state index in [1.54, 1.807) is 26.5 Å². The van der Waals surface area contributed by atoms with Crippen LogP contribution < -0.4 is 9.47 Å². The number of benzene rings is 2. The van der Waals surface area contributed by atoms with Crippen LogP contribution >= 0.6 is 0 Å². The van der Waals surface area contributed by atoms with Gasteiger partial charge in [-0.25, -0.2) is 9.59 Å². The first-order valence-corrected chi connectivity index (χ1v) is 24.9. The molecule has 0 fully saturated rings. The Balaban J connectivity index is -0.000000188. The summed E-state index contributed by atoms with van der Waals surface area (Å²) in [5.41, 5.74) is 0.493. The number of rotatable bonds is 31. The Kier molecular flexibility index (Phi) is 89.4. The fourth-order valence-corrected chi connectivity index (χ4v) is 5.29. The van der Waals surface area contributed by atoms with E-state index < -0.39 is 11.9 Å². The summed E-state index contributed by atoms with van der Waals surface area (Å²) >= 11 is 0. The summed E-state index contributed by atoms with van der Waals surface area (Å²) in [6.45, 7) is 20.4. The first-order chi connectivity index (χ1) is 31.5. The van der Waals surface area contributed by atoms with Gasteiger partial charge >= 0.3 is 11.9 Å². The molecular weight excluding hydrogens is 994 g/mol. The summed E-state index contributed by atoms with van der Waals surface area (Å²) in [4.78, 5) is 26.3. The summed E-state index contributed by atoms with van der Waals surface area (Å²) < 4.78 is 23.3. The molecule has 0 saturated carbocycles. The molecule has 0 aromatic heterocycles. The van der Waals surface area contributed by atoms with Crippen molar-refractivity contribution in [1.29, 1.82) is 0 Å². The average molecular weight is 1090 g/mol. The fraction of sp³-hybridized carbons (Fsp3) is 0.647. The van der Waals surface area contributed by atoms with Gasteiger partial charge in [0.2, 0.25) is 0 Å². The molecule has 370 valence electrons. The fourth-order valence-electron chi connectivity index (χ4n) is 5.29. The number of carbonyl (C=O) groups is 2. The van der Waals surface area contributed by atoms with Crippen molar-refractivity contribution < 1.29 is 94.0 Å². The second kappa shape index (κ2) is 72.1. The quantitative estimate of drug-likeness (QED) is 0.0324. The minimum absolute atomic E-state index is 0. The summed E-state index contributed by atoms with van der Waals surface area (Å²) in [5, 5.41) is 0. The van der Waals surface area contributed by atoms with Crippen molar-refractivity contribution in [1.82, 2.24) is 0 Å². The van der Waals surface area contributed by atoms with E-state index in [1.165, 1.54) is 25.7 Å². The third-order valence-corrected chi connectivity index (χ3v) is 8.69. The van der Waals surface area contributed by atoms with Gasteiger partial charge in [0.15, 0.2) is 0 Å². The molecule has 0 N–H and O–H groups in total. The van der Waals surface area contributed by atoms with Gasteiger partial charge in [-0.2, -0.15) is 12.8 Å². The van der Waals surface area contributed by atoms with Crippen LogP contribution in [0.4, 0.5) is 0 Å². The average Bonchev–Trinajstić information content (AvgIpc) is 3.29. The van der Waals surface area contributed by atoms with Crippen molar-refractivity contribution in [3.05, 3.63) is 88.4 Å². The molecule has 0 heterocycles. The minimum atomic E-state index is -0.518. The van der Waals surface area contributed by atoms with E-state index in [0.717, 1.165) is 102 Å². The Morgan fingerprint density at radius 2 is 0.812 bits per heavy atom. The number of ether oxygens (including phenoxy) is 4. The van der Waals surface area contributed by atoms with Gasteiger partial charge in [0.05, 0.1) is 40.8 Å². The van der Waals surface area contributed by atoms with Gasteiger partial charge in [-0.15, -0.1) is 0 Å². The van der Waals surface area contributed by atoms with Crippen LogP contribution in [0.5, 0.6) is 11.5 Å². The van der Waals surface area contributed by atoms with Gasteiger partial charge in [-0.1, -0.05) is 187 Å². The zero-order chi connectivity index (χ0) is 49.6. The third-order valence-electron chi connectivity index (χ3n) is 8.69. The molecule has 2 rings (SSSR count). The zero-order valence-corrected chi connectivity index (χ0v) is 51.2. The van der Waals surface area contributed by atoms with Crippen LogP contribution in [0.15, 0.2) is 48.5 Å². The first kappa shape index (κ1) is 85.6. The summed E-state index contributed by atoms with van der Waals surface area (Å²) in [7, 11) is 35.3. The third kappa shape index (κ3) is 65.8. The molecule has 0 bridgehead atoms. The molecule has 0 unspecified atom stereocenters. The van der Waals surface area contributed by atoms with Crippen molar-refractivity contribution in [2.24, 2.45) is 0 Å². The maximum atomic E-state index is 13.2. The van der Waals surface area contributed by atoms with Crippen molar-refractivity contribution in [3.8, 4) is 11.5 Å². The summed E-state index contributed by atoms with van der Waals surface area (Å²) in [6, 6.07) is 15.1. The van der Waals surface area contributed by atoms with Gasteiger partial charge in [0.25, 0.3) is 0 Å². The van der Waals surface area contributed by atoms with E-state index >= 15 is 0 Å². The van der Waals surface area contributed by atoms with Gasteiger partial charge in [0.1, 0.15) is 22.6 Å². The first-order valence-electron chi connectivity index (χ1n) is 24.9. The normalized spacial score (nSPS) is 8.99. The molecule has 2 aromatic carbocycles. The molecule has 0 aliphatic carbocycles. The van der Waals surface area contributed by atoms with Crippen molar-refractivity contribution in [2.45, 2.75) is 189 Å². The molecule has 0 saturated heterocycles. The molecule has 69 heavy (non-hydrogen) atoms. The number of hydrogen-bond acceptors (Lipinski definition) is 6. The summed E-state index contributed by atoms with van der Waals surface area (Å²) in [6.07, 6.45) is 22.6. The molecule has 18 heteroatoms. The second-order valence-corrected chi connectivity index (χ2v) is 15.5. The van der Waals surface area contributed by atoms with Gasteiger partial charge in [0, 0.05) is 125 Å². The maximum Gasteiger partial charge on any atom is 0.342 e. The molecular formula is C51H90B10O6Y2-4. The SMILES string of the molecule is [B]B([B])CCC.[B][B]CCC.[B][B]CCCCOC(=O)c1cc(OCCCCCCC)c(C(=O)OCCCCB([B])[B])cc1OCCCCCCCC.[CH2-]CC.[CH2-]CC.[CH3-].[CH3-].[Y].[Y].c1ccccc1. The topological polar surface area (TPSA) is 71.1 Å². The molecule has 0 aliphatic rings. The minimum Gasteiger partial charge on any atom is -0.493 e. The standard InChI is InChI=1S/C31H50B5O6.C6H6.C3H7B3.C3H7B2.2C3H7.2CH3.2Y/c1-3-5-7-9-11-15-21-40-28-25-27(31(38)42-23-17-13-19-36(33)34)29(39-20-14-10-8-6-4-2)24-26(28)30(37)41-22-16-12-18-35-32;1-2-4-6-5-3-1;1-2-3-6(4)5;1-2-3-5-4;2*1-3-2;;;;/h24-25H,3-23H2,1-2H3;1-6H;2-3H2,1H3;2-3H2,1H3;2*1,3H2,2H3;2*1H3;;/q;;;;4*-1;;. The van der Waals surface area contributed by atoms with Crippen LogP contribution in [0.1, 0.15) is 184 Å². The van der Waals surface area contributed by atoms with Crippen molar-refractivity contribution >= 4 is 85.7 Å². The predicted octanol–water partition coefficient (Wildman–Crippen LogP) is 12.5. The van der Waals surface area contributed by atoms with E-state index in [0.29, 0.717) is 43.9 Å². The summed E-state index contributed by atoms with van der Waals surface area (Å²) in [5.74, 6) is -0.415. The van der Waals surface area contributed by atoms with Crippen molar-refractivity contribution in [2.75, 3.05) is 26.4 Å². The predicted molar refractivity (Wildman–Crippen MR) is 307 cm³/mol. The number of carbonyl (C=O) groups excluding carboxylic acids is 2. The number of esters is 2. The number of hydrogen-bond donors (Lipinski definition) is 0. The van der Waals surface area contributed by atoms with Crippen LogP contribution in [0.25, 0.3) is 0 Å². The second-order valence-electron chi connectivity index (χ2n) is 15.5. The smallest absolute Gasteiger partial charge is 0.342 e. The van der Waals surface area contributed by atoms with Gasteiger partial charge in [-0.05, 0) is 37.8 Å². The number of unbranched alkanes of at least 4 members (excludes halogenated alkanes) is 11. The molecule has 16 radical (unpaired) electrons. The van der Waals surface area contributed by atoms with Crippen LogP contribution in [0, 0.1) is 28.7 Å². The zero-order valence-electron chi connectivity index (χ0n) is 45.5. The Morgan fingerprint density at radius 1 is 0.478 bits per heavy atom. The van der Waals surface area contributed by atoms with E-state index in [1.807, 2.05) is 50.2 Å². The maximum absolute atomic E-state index is 13.2. The molecule has 0 aliphatic heterocycles. The van der Waals surface area contributed by atoms with E-state index in [-0.39, 0.29) is 118 Å². The molecule has 6 nitrogen and oxygen atoms in total. The Hall–Kier alpha value is -0.163. The molecule has 2 aromatic rings. The van der Waals surface area contributed by atoms with E-state index in [2.05, 4.69) is 41.5 Å². The van der Waals surface area contributed by atoms with Gasteiger partial charge in [-0.3, -0.25) is 0 Å². The van der Waals surface area contributed by atoms with Crippen LogP contribution in [-0.4, -0.2) is 112 Å².